The zero-order valence-electron chi connectivity index (χ0n) is 20.9. The van der Waals surface area contributed by atoms with Crippen molar-refractivity contribution in [3.05, 3.63) is 29.8 Å². The molecule has 1 saturated carbocycles. The van der Waals surface area contributed by atoms with Crippen molar-refractivity contribution in [3.8, 4) is 0 Å². The number of amides is 2. The van der Waals surface area contributed by atoms with Crippen LogP contribution in [0.4, 0.5) is 18.0 Å². The van der Waals surface area contributed by atoms with E-state index in [2.05, 4.69) is 5.32 Å². The SMILES string of the molecule is CCCC(C(=O)N[C@@H]1CC[C@H]2CN(S(=O)(=O)c3cccc(C(F)(F)F)c3)C[C@H]21)N(C(=O)O)C(C)(C)C. The number of carbonyl (C=O) groups is 2. The first-order valence-electron chi connectivity index (χ1n) is 12.1. The summed E-state index contributed by atoms with van der Waals surface area (Å²) in [4.78, 5) is 25.9. The molecule has 0 spiro atoms. The van der Waals surface area contributed by atoms with Crippen LogP contribution in [0.3, 0.4) is 0 Å². The Morgan fingerprint density at radius 2 is 1.86 bits per heavy atom. The highest BCUT2D eigenvalue weighted by atomic mass is 32.2. The van der Waals surface area contributed by atoms with Gasteiger partial charge in [0.2, 0.25) is 15.9 Å². The van der Waals surface area contributed by atoms with Crippen LogP contribution in [-0.4, -0.2) is 65.4 Å². The van der Waals surface area contributed by atoms with Crippen LogP contribution in [-0.2, 0) is 21.0 Å². The molecule has 4 atom stereocenters. The highest BCUT2D eigenvalue weighted by Gasteiger charge is 2.48. The van der Waals surface area contributed by atoms with Crippen LogP contribution in [0.15, 0.2) is 29.2 Å². The summed E-state index contributed by atoms with van der Waals surface area (Å²) in [5.41, 5.74) is -1.83. The number of carbonyl (C=O) groups excluding carboxylic acids is 1. The lowest BCUT2D eigenvalue weighted by Crippen LogP contribution is -2.58. The number of rotatable bonds is 7. The lowest BCUT2D eigenvalue weighted by molar-refractivity contribution is -0.137. The molecule has 2 aliphatic rings. The molecule has 1 heterocycles. The first kappa shape index (κ1) is 28.2. The maximum absolute atomic E-state index is 13.2. The Kier molecular flexibility index (Phi) is 8.00. The molecule has 1 unspecified atom stereocenters. The maximum atomic E-state index is 13.2. The maximum Gasteiger partial charge on any atom is 0.416 e. The fraction of sp³-hybridized carbons (Fsp3) is 0.667. The third-order valence-corrected chi connectivity index (χ3v) is 8.88. The van der Waals surface area contributed by atoms with Gasteiger partial charge in [-0.2, -0.15) is 17.5 Å². The van der Waals surface area contributed by atoms with Crippen molar-refractivity contribution in [2.45, 2.75) is 82.1 Å². The number of carboxylic acid groups (broad SMARTS) is 1. The Morgan fingerprint density at radius 3 is 2.42 bits per heavy atom. The molecule has 1 saturated heterocycles. The molecule has 1 aliphatic carbocycles. The van der Waals surface area contributed by atoms with Crippen molar-refractivity contribution in [2.75, 3.05) is 13.1 Å². The standard InChI is InChI=1S/C24H34F3N3O5S/c1-5-7-20(30(22(32)33)23(2,3)4)21(31)28-19-11-10-15-13-29(14-18(15)19)36(34,35)17-9-6-8-16(12-17)24(25,26)27/h6,8-9,12,15,18-20H,5,7,10-11,13-14H2,1-4H3,(H,28,31)(H,32,33)/t15-,18+,19+,20?/m0/s1. The second-order valence-electron chi connectivity index (χ2n) is 10.6. The number of benzene rings is 1. The molecule has 2 amide bonds. The highest BCUT2D eigenvalue weighted by Crippen LogP contribution is 2.41. The third-order valence-electron chi connectivity index (χ3n) is 7.06. The summed E-state index contributed by atoms with van der Waals surface area (Å²) in [6.45, 7) is 7.26. The number of hydrogen-bond acceptors (Lipinski definition) is 4. The highest BCUT2D eigenvalue weighted by molar-refractivity contribution is 7.89. The van der Waals surface area contributed by atoms with E-state index < -0.39 is 50.2 Å². The molecule has 1 aliphatic heterocycles. The number of nitrogens with one attached hydrogen (secondary N) is 1. The molecule has 2 fully saturated rings. The van der Waals surface area contributed by atoms with Crippen LogP contribution in [0.25, 0.3) is 0 Å². The molecule has 1 aromatic rings. The molecular formula is C24H34F3N3O5S. The summed E-state index contributed by atoms with van der Waals surface area (Å²) in [5.74, 6) is -0.664. The van der Waals surface area contributed by atoms with E-state index in [4.69, 9.17) is 0 Å². The van der Waals surface area contributed by atoms with Crippen LogP contribution >= 0.6 is 0 Å². The summed E-state index contributed by atoms with van der Waals surface area (Å²) < 4.78 is 66.8. The fourth-order valence-corrected chi connectivity index (χ4v) is 6.98. The number of alkyl halides is 3. The third kappa shape index (κ3) is 5.80. The van der Waals surface area contributed by atoms with E-state index in [-0.39, 0.29) is 31.0 Å². The van der Waals surface area contributed by atoms with Crippen LogP contribution < -0.4 is 5.32 Å². The summed E-state index contributed by atoms with van der Waals surface area (Å²) in [6, 6.07) is 2.46. The minimum atomic E-state index is -4.66. The molecule has 36 heavy (non-hydrogen) atoms. The summed E-state index contributed by atoms with van der Waals surface area (Å²) in [6.07, 6.45) is -3.64. The average Bonchev–Trinajstić information content (AvgIpc) is 3.34. The minimum Gasteiger partial charge on any atom is -0.465 e. The van der Waals surface area contributed by atoms with Crippen molar-refractivity contribution in [2.24, 2.45) is 11.8 Å². The molecular weight excluding hydrogens is 499 g/mol. The van der Waals surface area contributed by atoms with Crippen LogP contribution in [0, 0.1) is 11.8 Å². The molecule has 1 aromatic carbocycles. The minimum absolute atomic E-state index is 0.0429. The summed E-state index contributed by atoms with van der Waals surface area (Å²) in [5, 5.41) is 12.7. The number of halogens is 3. The smallest absolute Gasteiger partial charge is 0.416 e. The number of sulfonamides is 1. The van der Waals surface area contributed by atoms with Gasteiger partial charge in [-0.25, -0.2) is 13.2 Å². The van der Waals surface area contributed by atoms with E-state index in [0.717, 1.165) is 23.1 Å². The predicted octanol–water partition coefficient (Wildman–Crippen LogP) is 4.17. The molecule has 202 valence electrons. The quantitative estimate of drug-likeness (QED) is 0.547. The zero-order chi connectivity index (χ0) is 27.1. The fourth-order valence-electron chi connectivity index (χ4n) is 5.40. The Hall–Kier alpha value is -2.34. The largest absolute Gasteiger partial charge is 0.465 e. The van der Waals surface area contributed by atoms with Gasteiger partial charge in [-0.15, -0.1) is 0 Å². The molecule has 0 radical (unpaired) electrons. The molecule has 12 heteroatoms. The van der Waals surface area contributed by atoms with E-state index in [9.17, 15) is 36.3 Å². The normalized spacial score (nSPS) is 23.8. The Labute approximate surface area is 209 Å². The molecule has 8 nitrogen and oxygen atoms in total. The van der Waals surface area contributed by atoms with Crippen molar-refractivity contribution in [3.63, 3.8) is 0 Å². The number of fused-ring (bicyclic) bond motifs is 1. The molecule has 3 rings (SSSR count). The van der Waals surface area contributed by atoms with E-state index in [1.54, 1.807) is 20.8 Å². The topological polar surface area (TPSA) is 107 Å². The van der Waals surface area contributed by atoms with Crippen molar-refractivity contribution in [1.29, 1.82) is 0 Å². The lowest BCUT2D eigenvalue weighted by atomic mass is 9.96. The first-order valence-corrected chi connectivity index (χ1v) is 13.5. The Bertz CT molecular complexity index is 1090. The number of nitrogens with zero attached hydrogens (tertiary/aromatic N) is 2. The number of hydrogen-bond donors (Lipinski definition) is 2. The lowest BCUT2D eigenvalue weighted by Gasteiger charge is -2.39. The summed E-state index contributed by atoms with van der Waals surface area (Å²) >= 11 is 0. The second-order valence-corrected chi connectivity index (χ2v) is 12.5. The monoisotopic (exact) mass is 533 g/mol. The van der Waals surface area contributed by atoms with Crippen LogP contribution in [0.1, 0.15) is 58.9 Å². The van der Waals surface area contributed by atoms with Gasteiger partial charge >= 0.3 is 12.3 Å². The molecule has 0 bridgehead atoms. The van der Waals surface area contributed by atoms with Gasteiger partial charge < -0.3 is 10.4 Å². The van der Waals surface area contributed by atoms with Gasteiger partial charge in [0.25, 0.3) is 0 Å². The van der Waals surface area contributed by atoms with E-state index in [1.165, 1.54) is 4.31 Å². The zero-order valence-corrected chi connectivity index (χ0v) is 21.7. The second kappa shape index (κ2) is 10.2. The Balaban J connectivity index is 1.76. The van der Waals surface area contributed by atoms with Crippen molar-refractivity contribution in [1.82, 2.24) is 14.5 Å². The molecule has 2 N–H and O–H groups in total. The van der Waals surface area contributed by atoms with Gasteiger partial charge in [-0.3, -0.25) is 9.69 Å². The van der Waals surface area contributed by atoms with Crippen molar-refractivity contribution >= 4 is 22.0 Å². The van der Waals surface area contributed by atoms with Crippen LogP contribution in [0.2, 0.25) is 0 Å². The average molecular weight is 534 g/mol. The predicted molar refractivity (Wildman–Crippen MR) is 127 cm³/mol. The van der Waals surface area contributed by atoms with Crippen LogP contribution in [0.5, 0.6) is 0 Å². The summed E-state index contributed by atoms with van der Waals surface area (Å²) in [7, 11) is -4.15. The van der Waals surface area contributed by atoms with Crippen molar-refractivity contribution < 1.29 is 36.3 Å². The van der Waals surface area contributed by atoms with Gasteiger partial charge in [-0.1, -0.05) is 19.4 Å². The van der Waals surface area contributed by atoms with E-state index in [0.29, 0.717) is 31.7 Å². The van der Waals surface area contributed by atoms with Gasteiger partial charge in [0.1, 0.15) is 6.04 Å². The van der Waals surface area contributed by atoms with E-state index >= 15 is 0 Å². The Morgan fingerprint density at radius 1 is 1.19 bits per heavy atom. The van der Waals surface area contributed by atoms with Gasteiger partial charge in [-0.05, 0) is 70.1 Å². The van der Waals surface area contributed by atoms with Gasteiger partial charge in [0.15, 0.2) is 0 Å². The molecule has 0 aromatic heterocycles. The van der Waals surface area contributed by atoms with Gasteiger partial charge in [0.05, 0.1) is 10.5 Å². The van der Waals surface area contributed by atoms with E-state index in [1.807, 2.05) is 6.92 Å². The van der Waals surface area contributed by atoms with Gasteiger partial charge in [0, 0.05) is 24.7 Å². The first-order chi connectivity index (χ1) is 16.6.